The molecule has 0 radical (unpaired) electrons. The van der Waals surface area contributed by atoms with Crippen molar-refractivity contribution in [1.29, 1.82) is 0 Å². The molecule has 34 heavy (non-hydrogen) atoms. The lowest BCUT2D eigenvalue weighted by Crippen LogP contribution is -2.19. The van der Waals surface area contributed by atoms with Gasteiger partial charge in [-0.2, -0.15) is 13.2 Å². The number of nitrogens with one attached hydrogen (secondary N) is 2. The van der Waals surface area contributed by atoms with Crippen molar-refractivity contribution in [2.24, 2.45) is 5.92 Å². The van der Waals surface area contributed by atoms with Gasteiger partial charge in [-0.25, -0.2) is 4.79 Å². The van der Waals surface area contributed by atoms with Crippen LogP contribution in [0.2, 0.25) is 0 Å². The summed E-state index contributed by atoms with van der Waals surface area (Å²) < 4.78 is 44.3. The number of carbonyl (C=O) groups excluding carboxylic acids is 2. The van der Waals surface area contributed by atoms with E-state index in [0.717, 1.165) is 30.7 Å². The first kappa shape index (κ1) is 23.3. The number of alkyl halides is 3. The number of carbonyl (C=O) groups is 2. The number of nitrogens with zero attached hydrogens (tertiary/aromatic N) is 1. The van der Waals surface area contributed by atoms with Gasteiger partial charge < -0.3 is 15.4 Å². The van der Waals surface area contributed by atoms with Crippen LogP contribution in [0.4, 0.5) is 29.3 Å². The van der Waals surface area contributed by atoms with Crippen molar-refractivity contribution in [2.75, 3.05) is 10.6 Å². The van der Waals surface area contributed by atoms with Gasteiger partial charge in [-0.05, 0) is 67.8 Å². The van der Waals surface area contributed by atoms with Gasteiger partial charge in [0.05, 0.1) is 5.56 Å². The number of ether oxygens (including phenoxy) is 1. The molecule has 1 fully saturated rings. The van der Waals surface area contributed by atoms with Crippen LogP contribution in [-0.2, 0) is 17.4 Å². The average Bonchev–Trinajstić information content (AvgIpc) is 3.64. The van der Waals surface area contributed by atoms with Crippen molar-refractivity contribution < 1.29 is 27.5 Å². The fourth-order valence-corrected chi connectivity index (χ4v) is 3.33. The van der Waals surface area contributed by atoms with Crippen molar-refractivity contribution in [3.63, 3.8) is 0 Å². The van der Waals surface area contributed by atoms with Crippen molar-refractivity contribution in [1.82, 2.24) is 4.98 Å². The standard InChI is InChI=1S/C25H22F3N3O3/c26-25(27,28)17-2-1-3-20(14-17)31-24(33)30-18-6-9-21(10-7-18)34-22-12-13-29-19(15-22)8-11-23(32)16-4-5-16/h1-3,6-7,9-10,12-16H,4-5,8,11H2,(H2,30,31,33). The molecule has 0 spiro atoms. The summed E-state index contributed by atoms with van der Waals surface area (Å²) in [5.41, 5.74) is 0.391. The maximum absolute atomic E-state index is 12.8. The molecule has 0 bridgehead atoms. The number of amides is 2. The average molecular weight is 469 g/mol. The highest BCUT2D eigenvalue weighted by Gasteiger charge is 2.30. The van der Waals surface area contributed by atoms with Crippen molar-refractivity contribution >= 4 is 23.2 Å². The summed E-state index contributed by atoms with van der Waals surface area (Å²) in [7, 11) is 0. The molecule has 2 amide bonds. The lowest BCUT2D eigenvalue weighted by atomic mass is 10.1. The van der Waals surface area contributed by atoms with Gasteiger partial charge in [-0.15, -0.1) is 0 Å². The zero-order valence-electron chi connectivity index (χ0n) is 18.1. The number of rotatable bonds is 8. The van der Waals surface area contributed by atoms with Gasteiger partial charge in [0.25, 0.3) is 0 Å². The molecule has 2 N–H and O–H groups in total. The van der Waals surface area contributed by atoms with E-state index in [4.69, 9.17) is 4.74 Å². The third kappa shape index (κ3) is 6.57. The van der Waals surface area contributed by atoms with E-state index in [0.29, 0.717) is 30.0 Å². The second-order valence-corrected chi connectivity index (χ2v) is 8.01. The van der Waals surface area contributed by atoms with Crippen LogP contribution in [0.5, 0.6) is 11.5 Å². The molecule has 3 aromatic rings. The predicted octanol–water partition coefficient (Wildman–Crippen LogP) is 6.45. The summed E-state index contributed by atoms with van der Waals surface area (Å²) in [6.45, 7) is 0. The fourth-order valence-electron chi connectivity index (χ4n) is 3.33. The molecule has 176 valence electrons. The van der Waals surface area contributed by atoms with Gasteiger partial charge in [0.15, 0.2) is 0 Å². The monoisotopic (exact) mass is 469 g/mol. The van der Waals surface area contributed by atoms with Crippen LogP contribution in [0, 0.1) is 5.92 Å². The number of urea groups is 1. The highest BCUT2D eigenvalue weighted by molar-refractivity contribution is 5.99. The molecule has 6 nitrogen and oxygen atoms in total. The van der Waals surface area contributed by atoms with E-state index in [-0.39, 0.29) is 17.4 Å². The van der Waals surface area contributed by atoms with Crippen molar-refractivity contribution in [2.45, 2.75) is 31.9 Å². The summed E-state index contributed by atoms with van der Waals surface area (Å²) in [6.07, 6.45) is 0.161. The van der Waals surface area contributed by atoms with Crippen LogP contribution in [0.25, 0.3) is 0 Å². The van der Waals surface area contributed by atoms with E-state index < -0.39 is 17.8 Å². The Balaban J connectivity index is 1.30. The Labute approximate surface area is 194 Å². The van der Waals surface area contributed by atoms with Crippen LogP contribution in [0.1, 0.15) is 30.5 Å². The second kappa shape index (κ2) is 9.94. The number of anilines is 2. The number of pyridine rings is 1. The molecule has 0 unspecified atom stereocenters. The first-order valence-electron chi connectivity index (χ1n) is 10.8. The maximum atomic E-state index is 12.8. The lowest BCUT2D eigenvalue weighted by molar-refractivity contribution is -0.137. The number of aromatic nitrogens is 1. The van der Waals surface area contributed by atoms with Gasteiger partial charge in [-0.1, -0.05) is 6.07 Å². The summed E-state index contributed by atoms with van der Waals surface area (Å²) in [5.74, 6) is 1.62. The van der Waals surface area contributed by atoms with Crippen molar-refractivity contribution in [3.8, 4) is 11.5 Å². The molecule has 9 heteroatoms. The first-order chi connectivity index (χ1) is 16.3. The van der Waals surface area contributed by atoms with E-state index in [9.17, 15) is 22.8 Å². The molecule has 0 atom stereocenters. The zero-order valence-corrected chi connectivity index (χ0v) is 18.1. The maximum Gasteiger partial charge on any atom is 0.416 e. The number of Topliss-reactive ketones (excluding diaryl/α,β-unsaturated/α-hetero) is 1. The van der Waals surface area contributed by atoms with Crippen LogP contribution >= 0.6 is 0 Å². The molecule has 1 heterocycles. The van der Waals surface area contributed by atoms with E-state index in [1.165, 1.54) is 12.1 Å². The Morgan fingerprint density at radius 1 is 0.941 bits per heavy atom. The number of ketones is 1. The summed E-state index contributed by atoms with van der Waals surface area (Å²) >= 11 is 0. The SMILES string of the molecule is O=C(Nc1ccc(Oc2ccnc(CCC(=O)C3CC3)c2)cc1)Nc1cccc(C(F)(F)F)c1. The first-order valence-corrected chi connectivity index (χ1v) is 10.8. The van der Waals surface area contributed by atoms with Crippen LogP contribution in [0.15, 0.2) is 66.9 Å². The summed E-state index contributed by atoms with van der Waals surface area (Å²) in [5, 5.41) is 4.94. The molecule has 2 aromatic carbocycles. The molecular formula is C25H22F3N3O3. The lowest BCUT2D eigenvalue weighted by Gasteiger charge is -2.11. The number of hydrogen-bond donors (Lipinski definition) is 2. The van der Waals surface area contributed by atoms with Gasteiger partial charge in [0.2, 0.25) is 0 Å². The molecule has 1 aromatic heterocycles. The highest BCUT2D eigenvalue weighted by atomic mass is 19.4. The van der Waals surface area contributed by atoms with Crippen LogP contribution in [0.3, 0.4) is 0 Å². The Kier molecular flexibility index (Phi) is 6.81. The van der Waals surface area contributed by atoms with Gasteiger partial charge in [-0.3, -0.25) is 9.78 Å². The zero-order chi connectivity index (χ0) is 24.1. The van der Waals surface area contributed by atoms with Gasteiger partial charge in [0.1, 0.15) is 17.3 Å². The number of aryl methyl sites for hydroxylation is 1. The minimum atomic E-state index is -4.49. The Morgan fingerprint density at radius 3 is 2.38 bits per heavy atom. The van der Waals surface area contributed by atoms with E-state index in [2.05, 4.69) is 15.6 Å². The third-order valence-corrected chi connectivity index (χ3v) is 5.24. The minimum absolute atomic E-state index is 0.0274. The second-order valence-electron chi connectivity index (χ2n) is 8.01. The summed E-state index contributed by atoms with van der Waals surface area (Å²) in [4.78, 5) is 28.3. The highest BCUT2D eigenvalue weighted by Crippen LogP contribution is 2.32. The third-order valence-electron chi connectivity index (χ3n) is 5.24. The Hall–Kier alpha value is -3.88. The van der Waals surface area contributed by atoms with E-state index >= 15 is 0 Å². The molecule has 0 saturated heterocycles. The molecule has 1 aliphatic rings. The Morgan fingerprint density at radius 2 is 1.68 bits per heavy atom. The smallest absolute Gasteiger partial charge is 0.416 e. The topological polar surface area (TPSA) is 80.3 Å². The number of hydrogen-bond acceptors (Lipinski definition) is 4. The van der Waals surface area contributed by atoms with Gasteiger partial charge in [0, 0.05) is 41.7 Å². The van der Waals surface area contributed by atoms with E-state index in [1.807, 2.05) is 0 Å². The molecule has 1 aliphatic carbocycles. The van der Waals surface area contributed by atoms with Crippen molar-refractivity contribution in [3.05, 3.63) is 78.1 Å². The Bertz CT molecular complexity index is 1180. The molecule has 1 saturated carbocycles. The molecule has 4 rings (SSSR count). The van der Waals surface area contributed by atoms with Crippen LogP contribution < -0.4 is 15.4 Å². The number of halogens is 3. The predicted molar refractivity (Wildman–Crippen MR) is 121 cm³/mol. The summed E-state index contributed by atoms with van der Waals surface area (Å²) in [6, 6.07) is 13.7. The normalized spacial score (nSPS) is 13.3. The fraction of sp³-hybridized carbons (Fsp3) is 0.240. The van der Waals surface area contributed by atoms with E-state index in [1.54, 1.807) is 42.6 Å². The molecule has 0 aliphatic heterocycles. The largest absolute Gasteiger partial charge is 0.457 e. The van der Waals surface area contributed by atoms with Gasteiger partial charge >= 0.3 is 12.2 Å². The van der Waals surface area contributed by atoms with Crippen LogP contribution in [-0.4, -0.2) is 16.8 Å². The quantitative estimate of drug-likeness (QED) is 0.397. The number of benzene rings is 2. The molecular weight excluding hydrogens is 447 g/mol. The minimum Gasteiger partial charge on any atom is -0.457 e.